The highest BCUT2D eigenvalue weighted by Crippen LogP contribution is 2.16. The minimum absolute atomic E-state index is 0.138. The Kier molecular flexibility index (Phi) is 6.55. The largest absolute Gasteiger partial charge is 0.478 e. The van der Waals surface area contributed by atoms with Gasteiger partial charge in [0.15, 0.2) is 0 Å². The number of carbonyl (C=O) groups is 1. The van der Waals surface area contributed by atoms with Gasteiger partial charge in [0.2, 0.25) is 0 Å². The van der Waals surface area contributed by atoms with Gasteiger partial charge in [-0.3, -0.25) is 0 Å². The molecule has 104 valence electrons. The summed E-state index contributed by atoms with van der Waals surface area (Å²) >= 11 is 0. The fourth-order valence-electron chi connectivity index (χ4n) is 1.89. The van der Waals surface area contributed by atoms with Crippen LogP contribution in [0.2, 0.25) is 0 Å². The molecule has 1 atom stereocenters. The van der Waals surface area contributed by atoms with Gasteiger partial charge < -0.3 is 20.5 Å². The molecule has 6 heteroatoms. The summed E-state index contributed by atoms with van der Waals surface area (Å²) in [5.41, 5.74) is 0.699. The fraction of sp³-hybridized carbons (Fsp3) is 0.462. The van der Waals surface area contributed by atoms with Crippen LogP contribution in [0.5, 0.6) is 0 Å². The molecular formula is C13H20BNO4. The summed E-state index contributed by atoms with van der Waals surface area (Å²) < 4.78 is 0. The third-order valence-electron chi connectivity index (χ3n) is 2.94. The number of aromatic carboxylic acids is 1. The third kappa shape index (κ3) is 5.02. The molecule has 5 nitrogen and oxygen atoms in total. The van der Waals surface area contributed by atoms with Gasteiger partial charge in [-0.25, -0.2) is 4.79 Å². The van der Waals surface area contributed by atoms with Gasteiger partial charge in [0.1, 0.15) is 0 Å². The maximum atomic E-state index is 10.9. The number of rotatable bonds is 8. The van der Waals surface area contributed by atoms with Gasteiger partial charge in [0.25, 0.3) is 0 Å². The molecule has 0 heterocycles. The highest BCUT2D eigenvalue weighted by atomic mass is 16.4. The predicted octanol–water partition coefficient (Wildman–Crippen LogP) is 1.22. The van der Waals surface area contributed by atoms with Crippen molar-refractivity contribution < 1.29 is 19.9 Å². The molecule has 0 spiro atoms. The Bertz CT molecular complexity index is 411. The van der Waals surface area contributed by atoms with Gasteiger partial charge in [0, 0.05) is 0 Å². The molecule has 4 N–H and O–H groups in total. The Balaban J connectivity index is 2.75. The Hall–Kier alpha value is -1.37. The van der Waals surface area contributed by atoms with Gasteiger partial charge >= 0.3 is 13.1 Å². The Morgan fingerprint density at radius 1 is 1.37 bits per heavy atom. The molecule has 1 aromatic rings. The van der Waals surface area contributed by atoms with Crippen molar-refractivity contribution in [2.24, 2.45) is 0 Å². The van der Waals surface area contributed by atoms with Crippen molar-refractivity contribution in [1.29, 1.82) is 0 Å². The smallest absolute Gasteiger partial charge is 0.474 e. The summed E-state index contributed by atoms with van der Waals surface area (Å²) in [6.07, 6.45) is 3.09. The van der Waals surface area contributed by atoms with Crippen LogP contribution in [0.3, 0.4) is 0 Å². The second-order valence-corrected chi connectivity index (χ2v) is 4.48. The average molecular weight is 265 g/mol. The van der Waals surface area contributed by atoms with E-state index < -0.39 is 19.0 Å². The Morgan fingerprint density at radius 3 is 2.68 bits per heavy atom. The quantitative estimate of drug-likeness (QED) is 0.419. The number of carboxylic acids is 1. The van der Waals surface area contributed by atoms with E-state index >= 15 is 0 Å². The monoisotopic (exact) mass is 265 g/mol. The SMILES string of the molecule is CCCCCN[C@H](B(O)O)c1cccc(C(=O)O)c1. The van der Waals surface area contributed by atoms with E-state index in [2.05, 4.69) is 12.2 Å². The molecule has 1 rings (SSSR count). The number of nitrogens with one attached hydrogen (secondary N) is 1. The first-order valence-corrected chi connectivity index (χ1v) is 6.49. The van der Waals surface area contributed by atoms with Gasteiger partial charge in [-0.05, 0) is 30.7 Å². The van der Waals surface area contributed by atoms with Crippen LogP contribution in [0.1, 0.15) is 48.0 Å². The molecule has 0 saturated carbocycles. The normalized spacial score (nSPS) is 12.2. The van der Waals surface area contributed by atoms with Crippen LogP contribution in [0.15, 0.2) is 24.3 Å². The first-order chi connectivity index (χ1) is 9.06. The zero-order chi connectivity index (χ0) is 14.3. The summed E-state index contributed by atoms with van der Waals surface area (Å²) in [7, 11) is -1.56. The second kappa shape index (κ2) is 7.94. The van der Waals surface area contributed by atoms with Gasteiger partial charge in [-0.2, -0.15) is 0 Å². The lowest BCUT2D eigenvalue weighted by molar-refractivity contribution is 0.0696. The molecule has 0 aliphatic carbocycles. The number of hydrogen-bond donors (Lipinski definition) is 4. The van der Waals surface area contributed by atoms with E-state index in [0.717, 1.165) is 19.3 Å². The lowest BCUT2D eigenvalue weighted by Crippen LogP contribution is -2.36. The Labute approximate surface area is 113 Å². The fourth-order valence-corrected chi connectivity index (χ4v) is 1.89. The first kappa shape index (κ1) is 15.7. The van der Waals surface area contributed by atoms with Crippen LogP contribution < -0.4 is 5.32 Å². The first-order valence-electron chi connectivity index (χ1n) is 6.49. The van der Waals surface area contributed by atoms with Crippen LogP contribution in [0.4, 0.5) is 0 Å². The molecule has 0 fully saturated rings. The molecule has 0 bridgehead atoms. The van der Waals surface area contributed by atoms with Crippen molar-refractivity contribution in [2.75, 3.05) is 6.54 Å². The maximum Gasteiger partial charge on any atom is 0.474 e. The van der Waals surface area contributed by atoms with E-state index in [1.807, 2.05) is 0 Å². The van der Waals surface area contributed by atoms with Gasteiger partial charge in [-0.15, -0.1) is 0 Å². The van der Waals surface area contributed by atoms with Crippen molar-refractivity contribution >= 4 is 13.1 Å². The zero-order valence-electron chi connectivity index (χ0n) is 11.0. The summed E-state index contributed by atoms with van der Waals surface area (Å²) in [6, 6.07) is 6.22. The van der Waals surface area contributed by atoms with Crippen LogP contribution in [0, 0.1) is 0 Å². The highest BCUT2D eigenvalue weighted by Gasteiger charge is 2.25. The van der Waals surface area contributed by atoms with E-state index in [1.54, 1.807) is 12.1 Å². The van der Waals surface area contributed by atoms with Crippen molar-refractivity contribution in [3.8, 4) is 0 Å². The lowest BCUT2D eigenvalue weighted by atomic mass is 9.75. The minimum Gasteiger partial charge on any atom is -0.478 e. The standard InChI is InChI=1S/C13H20BNO4/c1-2-3-4-8-15-12(14(18)19)10-6-5-7-11(9-10)13(16)17/h5-7,9,12,15,18-19H,2-4,8H2,1H3,(H,16,17)/t12-/m0/s1. The minimum atomic E-state index is -1.56. The molecule has 0 unspecified atom stereocenters. The lowest BCUT2D eigenvalue weighted by Gasteiger charge is -2.18. The average Bonchev–Trinajstić information content (AvgIpc) is 2.38. The van der Waals surface area contributed by atoms with Gasteiger partial charge in [0.05, 0.1) is 11.5 Å². The van der Waals surface area contributed by atoms with Gasteiger partial charge in [-0.1, -0.05) is 31.9 Å². The molecule has 0 radical (unpaired) electrons. The van der Waals surface area contributed by atoms with E-state index in [-0.39, 0.29) is 5.56 Å². The number of unbranched alkanes of at least 4 members (excludes halogenated alkanes) is 2. The molecule has 19 heavy (non-hydrogen) atoms. The zero-order valence-corrected chi connectivity index (χ0v) is 11.0. The van der Waals surface area contributed by atoms with Crippen molar-refractivity contribution in [3.05, 3.63) is 35.4 Å². The highest BCUT2D eigenvalue weighted by molar-refractivity contribution is 6.43. The van der Waals surface area contributed by atoms with Crippen LogP contribution >= 0.6 is 0 Å². The second-order valence-electron chi connectivity index (χ2n) is 4.48. The molecule has 0 aliphatic heterocycles. The molecule has 1 aromatic carbocycles. The molecule has 0 amide bonds. The molecule has 0 saturated heterocycles. The third-order valence-corrected chi connectivity index (χ3v) is 2.94. The topological polar surface area (TPSA) is 89.8 Å². The van der Waals surface area contributed by atoms with Crippen LogP contribution in [-0.4, -0.2) is 34.8 Å². The van der Waals surface area contributed by atoms with E-state index in [4.69, 9.17) is 5.11 Å². The van der Waals surface area contributed by atoms with E-state index in [1.165, 1.54) is 12.1 Å². The van der Waals surface area contributed by atoms with Crippen LogP contribution in [-0.2, 0) is 0 Å². The van der Waals surface area contributed by atoms with Crippen molar-refractivity contribution in [2.45, 2.75) is 32.1 Å². The maximum absolute atomic E-state index is 10.9. The predicted molar refractivity (Wildman–Crippen MR) is 73.9 cm³/mol. The summed E-state index contributed by atoms with van der Waals surface area (Å²) in [6.45, 7) is 2.75. The molecule has 0 aliphatic rings. The Morgan fingerprint density at radius 2 is 2.11 bits per heavy atom. The summed E-state index contributed by atoms with van der Waals surface area (Å²) in [5, 5.41) is 30.8. The van der Waals surface area contributed by atoms with Crippen molar-refractivity contribution in [1.82, 2.24) is 5.32 Å². The van der Waals surface area contributed by atoms with E-state index in [9.17, 15) is 14.8 Å². The number of hydrogen-bond acceptors (Lipinski definition) is 4. The molecular weight excluding hydrogens is 245 g/mol. The number of benzene rings is 1. The van der Waals surface area contributed by atoms with E-state index in [0.29, 0.717) is 12.1 Å². The van der Waals surface area contributed by atoms with Crippen molar-refractivity contribution in [3.63, 3.8) is 0 Å². The summed E-state index contributed by atoms with van der Waals surface area (Å²) in [5.74, 6) is -1.70. The number of carboxylic acid groups (broad SMARTS) is 1. The van der Waals surface area contributed by atoms with Crippen LogP contribution in [0.25, 0.3) is 0 Å². The molecule has 0 aromatic heterocycles. The summed E-state index contributed by atoms with van der Waals surface area (Å²) in [4.78, 5) is 10.9.